The number of nitrogen functional groups attached to an aromatic ring is 1. The summed E-state index contributed by atoms with van der Waals surface area (Å²) < 4.78 is 69.9. The van der Waals surface area contributed by atoms with Crippen LogP contribution in [0.15, 0.2) is 15.7 Å². The fourth-order valence-electron chi connectivity index (χ4n) is 4.87. The lowest BCUT2D eigenvalue weighted by molar-refractivity contribution is -0.181. The third-order valence-electron chi connectivity index (χ3n) is 6.55. The first kappa shape index (κ1) is 26.8. The summed E-state index contributed by atoms with van der Waals surface area (Å²) in [6.45, 7) is 4.07. The molecule has 1 saturated carbocycles. The van der Waals surface area contributed by atoms with E-state index in [1.54, 1.807) is 20.8 Å². The fraction of sp³-hybridized carbons (Fsp3) is 0.609. The van der Waals surface area contributed by atoms with E-state index < -0.39 is 64.9 Å². The summed E-state index contributed by atoms with van der Waals surface area (Å²) in [5.74, 6) is 0.924. The van der Waals surface area contributed by atoms with Crippen molar-refractivity contribution in [2.24, 2.45) is 11.8 Å². The van der Waals surface area contributed by atoms with Crippen molar-refractivity contribution >= 4 is 17.0 Å². The zero-order valence-corrected chi connectivity index (χ0v) is 20.7. The third-order valence-corrected chi connectivity index (χ3v) is 6.55. The van der Waals surface area contributed by atoms with Crippen molar-refractivity contribution in [1.82, 2.24) is 19.9 Å². The Labute approximate surface area is 208 Å². The number of aromatic nitrogens is 2. The largest absolute Gasteiger partial charge is 0.494 e. The molecule has 1 aliphatic carbocycles. The van der Waals surface area contributed by atoms with E-state index in [4.69, 9.17) is 15.3 Å². The summed E-state index contributed by atoms with van der Waals surface area (Å²) in [5.41, 5.74) is -3.37. The summed E-state index contributed by atoms with van der Waals surface area (Å²) in [5, 5.41) is 4.78. The summed E-state index contributed by atoms with van der Waals surface area (Å²) in [7, 11) is 1.14. The predicted octanol–water partition coefficient (Wildman–Crippen LogP) is 2.32. The molecule has 1 aliphatic heterocycles. The second-order valence-electron chi connectivity index (χ2n) is 10.4. The van der Waals surface area contributed by atoms with E-state index in [1.165, 1.54) is 4.57 Å². The molecule has 2 fully saturated rings. The van der Waals surface area contributed by atoms with Crippen LogP contribution in [0.4, 0.5) is 22.4 Å². The first-order valence-corrected chi connectivity index (χ1v) is 11.7. The van der Waals surface area contributed by atoms with Crippen molar-refractivity contribution in [3.8, 4) is 5.75 Å². The van der Waals surface area contributed by atoms with E-state index in [0.29, 0.717) is 17.5 Å². The number of benzene rings is 1. The van der Waals surface area contributed by atoms with Gasteiger partial charge in [0.25, 0.3) is 5.56 Å². The van der Waals surface area contributed by atoms with E-state index in [2.05, 4.69) is 10.6 Å². The van der Waals surface area contributed by atoms with Crippen molar-refractivity contribution in [3.05, 3.63) is 38.3 Å². The number of alkyl halides is 3. The van der Waals surface area contributed by atoms with Crippen molar-refractivity contribution in [2.75, 3.05) is 26.0 Å². The maximum absolute atomic E-state index is 15.8. The van der Waals surface area contributed by atoms with Gasteiger partial charge in [0.2, 0.25) is 0 Å². The fourth-order valence-corrected chi connectivity index (χ4v) is 4.87. The number of nitrogens with one attached hydrogen (secondary N) is 2. The SMILES string of the molecule is COc1c(C(NC(=O)OC(C)(C)C)[C@H]2CNC[C@@H]2C(F)(F)F)c(F)cc2c(=O)n(N)c(=O)n(C3CC3)c12. The molecule has 37 heavy (non-hydrogen) atoms. The summed E-state index contributed by atoms with van der Waals surface area (Å²) in [6, 6.07) is -1.13. The van der Waals surface area contributed by atoms with Gasteiger partial charge in [0.1, 0.15) is 16.9 Å². The molecule has 1 aromatic heterocycles. The van der Waals surface area contributed by atoms with Crippen LogP contribution in [0.3, 0.4) is 0 Å². The zero-order chi connectivity index (χ0) is 27.4. The molecule has 0 spiro atoms. The number of hydrogen-bond acceptors (Lipinski definition) is 7. The van der Waals surface area contributed by atoms with Crippen LogP contribution < -0.4 is 32.5 Å². The molecule has 4 N–H and O–H groups in total. The van der Waals surface area contributed by atoms with Gasteiger partial charge >= 0.3 is 18.0 Å². The number of carbonyl (C=O) groups excluding carboxylic acids is 1. The van der Waals surface area contributed by atoms with Gasteiger partial charge in [-0.15, -0.1) is 0 Å². The number of rotatable bonds is 5. The molecule has 204 valence electrons. The Kier molecular flexibility index (Phi) is 6.67. The Bertz CT molecular complexity index is 1340. The highest BCUT2D eigenvalue weighted by Gasteiger charge is 2.51. The maximum atomic E-state index is 15.8. The number of hydrogen-bond donors (Lipinski definition) is 3. The quantitative estimate of drug-likeness (QED) is 0.399. The summed E-state index contributed by atoms with van der Waals surface area (Å²) in [4.78, 5) is 38.4. The predicted molar refractivity (Wildman–Crippen MR) is 125 cm³/mol. The van der Waals surface area contributed by atoms with E-state index in [1.807, 2.05) is 0 Å². The molecule has 4 rings (SSSR count). The van der Waals surface area contributed by atoms with Crippen LogP contribution in [-0.2, 0) is 4.74 Å². The number of halogens is 4. The zero-order valence-electron chi connectivity index (χ0n) is 20.7. The molecule has 1 amide bonds. The topological polar surface area (TPSA) is 130 Å². The van der Waals surface area contributed by atoms with Crippen LogP contribution in [0.1, 0.15) is 51.3 Å². The van der Waals surface area contributed by atoms with E-state index in [-0.39, 0.29) is 29.2 Å². The molecular weight excluding hydrogens is 502 g/mol. The molecule has 1 aromatic carbocycles. The Morgan fingerprint density at radius 3 is 2.41 bits per heavy atom. The number of ether oxygens (including phenoxy) is 2. The van der Waals surface area contributed by atoms with Gasteiger partial charge in [0.05, 0.1) is 30.0 Å². The van der Waals surface area contributed by atoms with E-state index >= 15 is 4.39 Å². The van der Waals surface area contributed by atoms with Crippen molar-refractivity contribution < 1.29 is 31.8 Å². The molecule has 0 bridgehead atoms. The Morgan fingerprint density at radius 1 is 1.22 bits per heavy atom. The minimum absolute atomic E-state index is 0.0939. The average Bonchev–Trinajstić information content (AvgIpc) is 3.48. The molecule has 2 aromatic rings. The summed E-state index contributed by atoms with van der Waals surface area (Å²) >= 11 is 0. The number of nitrogens with two attached hydrogens (primary N) is 1. The first-order valence-electron chi connectivity index (χ1n) is 11.7. The Hall–Kier alpha value is -3.29. The Morgan fingerprint density at radius 2 is 1.86 bits per heavy atom. The number of amides is 1. The minimum Gasteiger partial charge on any atom is -0.494 e. The number of nitrogens with zero attached hydrogens (tertiary/aromatic N) is 2. The number of alkyl carbamates (subject to hydrolysis) is 1. The highest BCUT2D eigenvalue weighted by atomic mass is 19.4. The van der Waals surface area contributed by atoms with Crippen LogP contribution in [0.25, 0.3) is 10.9 Å². The monoisotopic (exact) mass is 531 g/mol. The smallest absolute Gasteiger partial charge is 0.408 e. The van der Waals surface area contributed by atoms with Crippen molar-refractivity contribution in [3.63, 3.8) is 0 Å². The van der Waals surface area contributed by atoms with Gasteiger partial charge in [-0.05, 0) is 39.7 Å². The molecule has 1 unspecified atom stereocenters. The lowest BCUT2D eigenvalue weighted by Crippen LogP contribution is -2.45. The van der Waals surface area contributed by atoms with Crippen LogP contribution in [0.5, 0.6) is 5.75 Å². The van der Waals surface area contributed by atoms with Crippen molar-refractivity contribution in [1.29, 1.82) is 0 Å². The normalized spacial score (nSPS) is 21.2. The van der Waals surface area contributed by atoms with E-state index in [9.17, 15) is 27.6 Å². The lowest BCUT2D eigenvalue weighted by atomic mass is 9.83. The van der Waals surface area contributed by atoms with Gasteiger partial charge in [0.15, 0.2) is 5.75 Å². The lowest BCUT2D eigenvalue weighted by Gasteiger charge is -2.32. The van der Waals surface area contributed by atoms with Crippen LogP contribution in [-0.4, -0.2) is 47.3 Å². The minimum atomic E-state index is -4.66. The highest BCUT2D eigenvalue weighted by molar-refractivity contribution is 5.87. The molecule has 0 radical (unpaired) electrons. The molecular formula is C23H29F4N5O5. The van der Waals surface area contributed by atoms with Gasteiger partial charge in [0, 0.05) is 25.0 Å². The van der Waals surface area contributed by atoms with Crippen LogP contribution in [0.2, 0.25) is 0 Å². The Balaban J connectivity index is 2.00. The first-order chi connectivity index (χ1) is 17.2. The molecule has 14 heteroatoms. The molecule has 10 nitrogen and oxygen atoms in total. The van der Waals surface area contributed by atoms with Gasteiger partial charge in [-0.1, -0.05) is 0 Å². The second-order valence-corrected chi connectivity index (χ2v) is 10.4. The third kappa shape index (κ3) is 4.98. The number of carbonyl (C=O) groups is 1. The second kappa shape index (κ2) is 9.23. The summed E-state index contributed by atoms with van der Waals surface area (Å²) in [6.07, 6.45) is -4.58. The number of methoxy groups -OCH3 is 1. The van der Waals surface area contributed by atoms with E-state index in [0.717, 1.165) is 13.2 Å². The van der Waals surface area contributed by atoms with Crippen LogP contribution in [0, 0.1) is 17.7 Å². The van der Waals surface area contributed by atoms with Crippen molar-refractivity contribution in [2.45, 2.75) is 57.5 Å². The molecule has 3 atom stereocenters. The molecule has 2 aliphatic rings. The highest BCUT2D eigenvalue weighted by Crippen LogP contribution is 2.46. The van der Waals surface area contributed by atoms with Crippen LogP contribution >= 0.6 is 0 Å². The van der Waals surface area contributed by atoms with Gasteiger partial charge in [-0.2, -0.15) is 17.8 Å². The molecule has 2 heterocycles. The number of fused-ring (bicyclic) bond motifs is 1. The standard InChI is InChI=1S/C23H29F4N5O5/c1-22(2,3)37-20(34)30-16(12-8-29-9-13(12)23(25,26)27)15-14(24)7-11-17(18(15)36-4)31(10-5-6-10)21(35)32(28)19(11)33/h7,10,12-13,16,29H,5-6,8-9,28H2,1-4H3,(H,30,34)/t12-,13-,16?/m0/s1. The molecule has 1 saturated heterocycles. The van der Waals surface area contributed by atoms with Gasteiger partial charge < -0.3 is 25.9 Å². The van der Waals surface area contributed by atoms with Gasteiger partial charge in [-0.25, -0.2) is 14.0 Å². The maximum Gasteiger partial charge on any atom is 0.408 e. The van der Waals surface area contributed by atoms with Gasteiger partial charge in [-0.3, -0.25) is 9.36 Å². The average molecular weight is 532 g/mol.